The minimum atomic E-state index is -3.59. The van der Waals surface area contributed by atoms with Crippen molar-refractivity contribution in [2.45, 2.75) is 24.3 Å². The average molecular weight is 291 g/mol. The van der Waals surface area contributed by atoms with Crippen LogP contribution in [-0.2, 0) is 14.8 Å². The van der Waals surface area contributed by atoms with Crippen LogP contribution in [0.4, 0.5) is 0 Å². The lowest BCUT2D eigenvalue weighted by Crippen LogP contribution is -2.36. The van der Waals surface area contributed by atoms with Crippen LogP contribution in [0.1, 0.15) is 13.3 Å². The summed E-state index contributed by atoms with van der Waals surface area (Å²) in [5.74, 6) is 0. The van der Waals surface area contributed by atoms with Crippen LogP contribution in [0.25, 0.3) is 0 Å². The second-order valence-electron chi connectivity index (χ2n) is 4.19. The number of nitrogens with zero attached hydrogens (tertiary/aromatic N) is 2. The van der Waals surface area contributed by atoms with Crippen LogP contribution in [0.2, 0.25) is 5.15 Å². The Balaban J connectivity index is 2.33. The maximum absolute atomic E-state index is 12.5. The molecule has 1 aromatic heterocycles. The molecule has 0 spiro atoms. The third-order valence-corrected chi connectivity index (χ3v) is 5.07. The van der Waals surface area contributed by atoms with Gasteiger partial charge in [-0.3, -0.25) is 0 Å². The van der Waals surface area contributed by atoms with E-state index in [0.717, 1.165) is 0 Å². The minimum Gasteiger partial charge on any atom is -0.377 e. The van der Waals surface area contributed by atoms with Crippen molar-refractivity contribution in [3.8, 4) is 0 Å². The summed E-state index contributed by atoms with van der Waals surface area (Å²) in [6, 6.07) is 3.04. The van der Waals surface area contributed by atoms with Crippen molar-refractivity contribution in [3.63, 3.8) is 0 Å². The van der Waals surface area contributed by atoms with Gasteiger partial charge in [0.25, 0.3) is 0 Å². The molecule has 0 aromatic carbocycles. The van der Waals surface area contributed by atoms with Gasteiger partial charge in [0.1, 0.15) is 10.0 Å². The van der Waals surface area contributed by atoms with Crippen LogP contribution in [-0.4, -0.2) is 43.5 Å². The van der Waals surface area contributed by atoms with Crippen LogP contribution < -0.4 is 0 Å². The van der Waals surface area contributed by atoms with Crippen LogP contribution >= 0.6 is 11.6 Å². The molecule has 1 saturated heterocycles. The number of ether oxygens (including phenoxy) is 1. The van der Waals surface area contributed by atoms with Crippen LogP contribution in [0.5, 0.6) is 0 Å². The van der Waals surface area contributed by atoms with E-state index in [0.29, 0.717) is 26.1 Å². The van der Waals surface area contributed by atoms with Gasteiger partial charge in [-0.2, -0.15) is 4.31 Å². The van der Waals surface area contributed by atoms with Gasteiger partial charge in [-0.1, -0.05) is 11.6 Å². The van der Waals surface area contributed by atoms with E-state index < -0.39 is 10.0 Å². The van der Waals surface area contributed by atoms with Gasteiger partial charge in [0, 0.05) is 25.9 Å². The van der Waals surface area contributed by atoms with Crippen molar-refractivity contribution >= 4 is 21.6 Å². The first-order valence-electron chi connectivity index (χ1n) is 5.74. The SMILES string of the molecule is CC1CN(S(=O)(=O)c2cccnc2Cl)CCCO1. The molecule has 0 amide bonds. The molecule has 7 heteroatoms. The lowest BCUT2D eigenvalue weighted by molar-refractivity contribution is 0.0752. The fraction of sp³-hybridized carbons (Fsp3) is 0.545. The van der Waals surface area contributed by atoms with E-state index in [1.54, 1.807) is 6.07 Å². The Morgan fingerprint density at radius 2 is 2.33 bits per heavy atom. The highest BCUT2D eigenvalue weighted by Crippen LogP contribution is 2.23. The quantitative estimate of drug-likeness (QED) is 0.775. The van der Waals surface area contributed by atoms with Gasteiger partial charge in [-0.25, -0.2) is 13.4 Å². The number of sulfonamides is 1. The topological polar surface area (TPSA) is 59.5 Å². The molecule has 5 nitrogen and oxygen atoms in total. The van der Waals surface area contributed by atoms with Crippen molar-refractivity contribution in [3.05, 3.63) is 23.5 Å². The summed E-state index contributed by atoms with van der Waals surface area (Å²) in [6.45, 7) is 3.22. The lowest BCUT2D eigenvalue weighted by Gasteiger charge is -2.21. The van der Waals surface area contributed by atoms with Gasteiger partial charge in [0.2, 0.25) is 10.0 Å². The van der Waals surface area contributed by atoms with E-state index >= 15 is 0 Å². The Kier molecular flexibility index (Phi) is 4.21. The molecule has 1 aromatic rings. The fourth-order valence-electron chi connectivity index (χ4n) is 1.88. The highest BCUT2D eigenvalue weighted by atomic mass is 35.5. The Morgan fingerprint density at radius 1 is 1.56 bits per heavy atom. The van der Waals surface area contributed by atoms with Gasteiger partial charge >= 0.3 is 0 Å². The van der Waals surface area contributed by atoms with Crippen LogP contribution in [0, 0.1) is 0 Å². The van der Waals surface area contributed by atoms with Gasteiger partial charge < -0.3 is 4.74 Å². The second kappa shape index (κ2) is 5.52. The fourth-order valence-corrected chi connectivity index (χ4v) is 3.86. The van der Waals surface area contributed by atoms with E-state index in [-0.39, 0.29) is 16.2 Å². The predicted molar refractivity (Wildman–Crippen MR) is 68.0 cm³/mol. The zero-order valence-corrected chi connectivity index (χ0v) is 11.6. The van der Waals surface area contributed by atoms with Crippen LogP contribution in [0.3, 0.4) is 0 Å². The summed E-state index contributed by atoms with van der Waals surface area (Å²) in [6.07, 6.45) is 2.04. The monoisotopic (exact) mass is 290 g/mol. The zero-order valence-electron chi connectivity index (χ0n) is 10.0. The maximum Gasteiger partial charge on any atom is 0.246 e. The lowest BCUT2D eigenvalue weighted by atomic mass is 10.4. The Bertz CT molecular complexity index is 521. The molecule has 100 valence electrons. The summed E-state index contributed by atoms with van der Waals surface area (Å²) in [4.78, 5) is 3.87. The van der Waals surface area contributed by atoms with Crippen molar-refractivity contribution in [2.75, 3.05) is 19.7 Å². The molecule has 2 rings (SSSR count). The number of pyridine rings is 1. The van der Waals surface area contributed by atoms with Crippen molar-refractivity contribution in [1.82, 2.24) is 9.29 Å². The second-order valence-corrected chi connectivity index (χ2v) is 6.45. The van der Waals surface area contributed by atoms with Crippen molar-refractivity contribution in [2.24, 2.45) is 0 Å². The molecule has 1 aliphatic rings. The normalized spacial score (nSPS) is 22.7. The number of aromatic nitrogens is 1. The highest BCUT2D eigenvalue weighted by Gasteiger charge is 2.29. The number of hydrogen-bond acceptors (Lipinski definition) is 4. The first-order chi connectivity index (χ1) is 8.51. The van der Waals surface area contributed by atoms with Gasteiger partial charge in [-0.05, 0) is 25.5 Å². The highest BCUT2D eigenvalue weighted by molar-refractivity contribution is 7.89. The molecule has 2 heterocycles. The molecule has 0 N–H and O–H groups in total. The van der Waals surface area contributed by atoms with Crippen molar-refractivity contribution < 1.29 is 13.2 Å². The molecule has 1 unspecified atom stereocenters. The number of halogens is 1. The first kappa shape index (κ1) is 13.7. The molecule has 0 aliphatic carbocycles. The van der Waals surface area contributed by atoms with Crippen molar-refractivity contribution in [1.29, 1.82) is 0 Å². The zero-order chi connectivity index (χ0) is 13.2. The van der Waals surface area contributed by atoms with E-state index in [4.69, 9.17) is 16.3 Å². The summed E-state index contributed by atoms with van der Waals surface area (Å²) in [7, 11) is -3.59. The standard InChI is InChI=1S/C11H15ClN2O3S/c1-9-8-14(6-3-7-17-9)18(15,16)10-4-2-5-13-11(10)12/h2,4-5,9H,3,6-8H2,1H3. The third-order valence-electron chi connectivity index (χ3n) is 2.76. The van der Waals surface area contributed by atoms with E-state index in [2.05, 4.69) is 4.98 Å². The largest absolute Gasteiger partial charge is 0.377 e. The summed E-state index contributed by atoms with van der Waals surface area (Å²) < 4.78 is 31.8. The van der Waals surface area contributed by atoms with Gasteiger partial charge in [0.15, 0.2) is 0 Å². The number of rotatable bonds is 2. The molecule has 0 saturated carbocycles. The van der Waals surface area contributed by atoms with Crippen LogP contribution in [0.15, 0.2) is 23.2 Å². The van der Waals surface area contributed by atoms with E-state index in [1.807, 2.05) is 6.92 Å². The summed E-state index contributed by atoms with van der Waals surface area (Å²) in [5, 5.41) is 0.00955. The maximum atomic E-state index is 12.5. The molecule has 0 radical (unpaired) electrons. The molecular formula is C11H15ClN2O3S. The predicted octanol–water partition coefficient (Wildman–Crippen LogP) is 1.53. The molecule has 18 heavy (non-hydrogen) atoms. The average Bonchev–Trinajstić information content (AvgIpc) is 2.54. The van der Waals surface area contributed by atoms with E-state index in [9.17, 15) is 8.42 Å². The Morgan fingerprint density at radius 3 is 3.06 bits per heavy atom. The smallest absolute Gasteiger partial charge is 0.246 e. The van der Waals surface area contributed by atoms with Gasteiger partial charge in [-0.15, -0.1) is 0 Å². The number of hydrogen-bond donors (Lipinski definition) is 0. The molecular weight excluding hydrogens is 276 g/mol. The minimum absolute atomic E-state index is 0.00955. The Hall–Kier alpha value is -0.690. The first-order valence-corrected chi connectivity index (χ1v) is 7.56. The third kappa shape index (κ3) is 2.83. The van der Waals surface area contributed by atoms with E-state index in [1.165, 1.54) is 16.6 Å². The molecule has 0 bridgehead atoms. The summed E-state index contributed by atoms with van der Waals surface area (Å²) in [5.41, 5.74) is 0. The van der Waals surface area contributed by atoms with Gasteiger partial charge in [0.05, 0.1) is 6.10 Å². The molecule has 1 aliphatic heterocycles. The summed E-state index contributed by atoms with van der Waals surface area (Å²) >= 11 is 5.86. The molecule has 1 atom stereocenters. The molecule has 1 fully saturated rings. The Labute approximate surface area is 112 Å².